The Labute approximate surface area is 168 Å². The molecule has 0 aromatic heterocycles. The van der Waals surface area contributed by atoms with Crippen molar-refractivity contribution in [3.8, 4) is 0 Å². The van der Waals surface area contributed by atoms with Crippen LogP contribution in [0.3, 0.4) is 0 Å². The summed E-state index contributed by atoms with van der Waals surface area (Å²) in [6.07, 6.45) is 10.2. The molecule has 152 valence electrons. The summed E-state index contributed by atoms with van der Waals surface area (Å²) in [6, 6.07) is 0. The number of hydrogen-bond acceptors (Lipinski definition) is 4. The molecule has 0 aromatic rings. The van der Waals surface area contributed by atoms with Gasteiger partial charge >= 0.3 is 0 Å². The average Bonchev–Trinajstić information content (AvgIpc) is 2.53. The predicted octanol–water partition coefficient (Wildman–Crippen LogP) is 4.34. The van der Waals surface area contributed by atoms with Crippen molar-refractivity contribution in [3.63, 3.8) is 0 Å². The summed E-state index contributed by atoms with van der Waals surface area (Å²) in [5, 5.41) is 32.3. The summed E-state index contributed by atoms with van der Waals surface area (Å²) < 4.78 is 0. The molecule has 0 radical (unpaired) electrons. The minimum absolute atomic E-state index is 0. The first-order chi connectivity index (χ1) is 11.1. The molecule has 0 aliphatic heterocycles. The van der Waals surface area contributed by atoms with Gasteiger partial charge < -0.3 is 26.8 Å². The monoisotopic (exact) mass is 387 g/mol. The van der Waals surface area contributed by atoms with Gasteiger partial charge in [0.05, 0.1) is 0 Å². The summed E-state index contributed by atoms with van der Waals surface area (Å²) in [5.41, 5.74) is 0. The number of aliphatic hydroxyl groups excluding tert-OH is 4. The van der Waals surface area contributed by atoms with Crippen LogP contribution in [0, 0.1) is 6.42 Å². The Morgan fingerprint density at radius 1 is 0.500 bits per heavy atom. The Bertz CT molecular complexity index is 85.5. The van der Waals surface area contributed by atoms with E-state index in [0.717, 1.165) is 51.4 Å². The van der Waals surface area contributed by atoms with Gasteiger partial charge in [0, 0.05) is 48.1 Å². The summed E-state index contributed by atoms with van der Waals surface area (Å²) in [4.78, 5) is 0. The van der Waals surface area contributed by atoms with E-state index < -0.39 is 0 Å². The molecule has 0 aliphatic carbocycles. The molecule has 0 atom stereocenters. The molecule has 0 amide bonds. The molecule has 0 bridgehead atoms. The second-order valence-electron chi connectivity index (χ2n) is 4.89. The first-order valence-electron chi connectivity index (χ1n) is 9.25. The molecular formula is C19H47O4Ti-. The molecule has 4 N–H and O–H groups in total. The Kier molecular flexibility index (Phi) is 108. The van der Waals surface area contributed by atoms with Gasteiger partial charge in [-0.05, 0) is 25.7 Å². The molecule has 0 spiro atoms. The second-order valence-corrected chi connectivity index (χ2v) is 4.89. The summed E-state index contributed by atoms with van der Waals surface area (Å²) in [5.74, 6) is 0. The van der Waals surface area contributed by atoms with E-state index in [-0.39, 0.29) is 21.7 Å². The Morgan fingerprint density at radius 2 is 0.625 bits per heavy atom. The minimum atomic E-state index is 0. The van der Waals surface area contributed by atoms with Gasteiger partial charge in [0.2, 0.25) is 0 Å². The fraction of sp³-hybridized carbons (Fsp3) is 0.947. The van der Waals surface area contributed by atoms with E-state index in [0.29, 0.717) is 26.4 Å². The van der Waals surface area contributed by atoms with E-state index in [1.54, 1.807) is 0 Å². The molecule has 4 nitrogen and oxygen atoms in total. The summed E-state index contributed by atoms with van der Waals surface area (Å²) in [6.45, 7) is 13.6. The van der Waals surface area contributed by atoms with Gasteiger partial charge in [-0.2, -0.15) is 13.8 Å². The maximum absolute atomic E-state index is 8.07. The zero-order valence-electron chi connectivity index (χ0n) is 17.4. The molecule has 0 saturated carbocycles. The van der Waals surface area contributed by atoms with E-state index in [9.17, 15) is 0 Å². The fourth-order valence-corrected chi connectivity index (χ4v) is 0.632. The van der Waals surface area contributed by atoms with Gasteiger partial charge in [-0.15, -0.1) is 0 Å². The molecule has 0 rings (SSSR count). The number of aliphatic hydroxyl groups is 4. The van der Waals surface area contributed by atoms with Crippen molar-refractivity contribution in [2.75, 3.05) is 26.4 Å². The predicted molar refractivity (Wildman–Crippen MR) is 104 cm³/mol. The van der Waals surface area contributed by atoms with Crippen LogP contribution < -0.4 is 0 Å². The van der Waals surface area contributed by atoms with E-state index >= 15 is 0 Å². The SMILES string of the molecule is CCCCO.CCCCO.CCCCO.CCCCO.C[CH-]C.[Ti]. The van der Waals surface area contributed by atoms with E-state index in [1.807, 2.05) is 20.3 Å². The van der Waals surface area contributed by atoms with Crippen LogP contribution in [0.1, 0.15) is 92.9 Å². The molecule has 24 heavy (non-hydrogen) atoms. The zero-order valence-corrected chi connectivity index (χ0v) is 18.9. The van der Waals surface area contributed by atoms with Gasteiger partial charge in [0.25, 0.3) is 0 Å². The van der Waals surface area contributed by atoms with Gasteiger partial charge in [-0.3, -0.25) is 0 Å². The topological polar surface area (TPSA) is 80.9 Å². The fourth-order valence-electron chi connectivity index (χ4n) is 0.632. The zero-order chi connectivity index (χ0) is 19.2. The third-order valence-electron chi connectivity index (χ3n) is 2.05. The maximum Gasteiger partial charge on any atom is 0.0430 e. The quantitative estimate of drug-likeness (QED) is 0.369. The molecule has 0 aromatic carbocycles. The Balaban J connectivity index is -0.0000000422. The van der Waals surface area contributed by atoms with Crippen molar-refractivity contribution in [3.05, 3.63) is 6.42 Å². The van der Waals surface area contributed by atoms with Crippen LogP contribution in [0.15, 0.2) is 0 Å². The third kappa shape index (κ3) is 143. The van der Waals surface area contributed by atoms with Gasteiger partial charge in [0.15, 0.2) is 0 Å². The molecule has 0 fully saturated rings. The van der Waals surface area contributed by atoms with Crippen LogP contribution in [0.5, 0.6) is 0 Å². The molecule has 0 saturated heterocycles. The maximum atomic E-state index is 8.07. The van der Waals surface area contributed by atoms with E-state index in [1.165, 1.54) is 0 Å². The van der Waals surface area contributed by atoms with Gasteiger partial charge in [-0.25, -0.2) is 0 Å². The van der Waals surface area contributed by atoms with Gasteiger partial charge in [0.1, 0.15) is 0 Å². The van der Waals surface area contributed by atoms with Crippen LogP contribution in [0.25, 0.3) is 0 Å². The van der Waals surface area contributed by atoms with Crippen molar-refractivity contribution >= 4 is 0 Å². The third-order valence-corrected chi connectivity index (χ3v) is 2.05. The minimum Gasteiger partial charge on any atom is -0.396 e. The van der Waals surface area contributed by atoms with Gasteiger partial charge in [-0.1, -0.05) is 53.4 Å². The molecular weight excluding hydrogens is 340 g/mol. The van der Waals surface area contributed by atoms with Crippen molar-refractivity contribution in [1.29, 1.82) is 0 Å². The molecule has 5 heteroatoms. The van der Waals surface area contributed by atoms with Crippen molar-refractivity contribution < 1.29 is 42.1 Å². The van der Waals surface area contributed by atoms with Crippen LogP contribution in [-0.4, -0.2) is 46.9 Å². The van der Waals surface area contributed by atoms with Crippen molar-refractivity contribution in [1.82, 2.24) is 0 Å². The van der Waals surface area contributed by atoms with Crippen LogP contribution in [0.4, 0.5) is 0 Å². The molecule has 0 unspecified atom stereocenters. The Hall–Kier alpha value is 0.554. The number of unbranched alkanes of at least 4 members (excludes halogenated alkanes) is 4. The van der Waals surface area contributed by atoms with Crippen LogP contribution in [-0.2, 0) is 21.7 Å². The van der Waals surface area contributed by atoms with Crippen LogP contribution >= 0.6 is 0 Å². The van der Waals surface area contributed by atoms with Crippen molar-refractivity contribution in [2.24, 2.45) is 0 Å². The summed E-state index contributed by atoms with van der Waals surface area (Å²) in [7, 11) is 0. The first kappa shape index (κ1) is 39.6. The standard InChI is InChI=1S/4C4H10O.C3H7.Ti/c4*1-2-3-4-5;1-3-2;/h4*5H,2-4H2,1H3;3H,1-2H3;/q;;;;-1;. The van der Waals surface area contributed by atoms with E-state index in [2.05, 4.69) is 27.7 Å². The first-order valence-corrected chi connectivity index (χ1v) is 9.25. The largest absolute Gasteiger partial charge is 0.396 e. The second kappa shape index (κ2) is 65.2. The van der Waals surface area contributed by atoms with Crippen LogP contribution in [0.2, 0.25) is 0 Å². The Morgan fingerprint density at radius 3 is 0.625 bits per heavy atom. The molecule has 0 aliphatic rings. The number of rotatable bonds is 8. The normalized spacial score (nSPS) is 7.75. The van der Waals surface area contributed by atoms with E-state index in [4.69, 9.17) is 20.4 Å². The van der Waals surface area contributed by atoms with Crippen molar-refractivity contribution in [2.45, 2.75) is 92.9 Å². The number of hydrogen-bond donors (Lipinski definition) is 4. The smallest absolute Gasteiger partial charge is 0.0430 e. The summed E-state index contributed by atoms with van der Waals surface area (Å²) >= 11 is 0. The molecule has 0 heterocycles. The average molecular weight is 387 g/mol.